The van der Waals surface area contributed by atoms with E-state index in [4.69, 9.17) is 14.3 Å². The first kappa shape index (κ1) is 31.3. The van der Waals surface area contributed by atoms with Gasteiger partial charge in [0.05, 0.1) is 25.7 Å². The molecule has 0 fully saturated rings. The van der Waals surface area contributed by atoms with Crippen LogP contribution in [0.4, 0.5) is 0 Å². The molecule has 0 N–H and O–H groups in total. The first-order valence-electron chi connectivity index (χ1n) is 13.5. The molecule has 196 valence electrons. The highest BCUT2D eigenvalue weighted by molar-refractivity contribution is 7.44. The molecule has 34 heavy (non-hydrogen) atoms. The van der Waals surface area contributed by atoms with Gasteiger partial charge in [-0.15, -0.1) is 0 Å². The quantitative estimate of drug-likeness (QED) is 0.141. The van der Waals surface area contributed by atoms with Crippen molar-refractivity contribution in [1.29, 1.82) is 5.26 Å². The van der Waals surface area contributed by atoms with Crippen LogP contribution in [0, 0.1) is 28.1 Å². The van der Waals surface area contributed by atoms with Crippen molar-refractivity contribution in [1.82, 2.24) is 4.67 Å². The van der Waals surface area contributed by atoms with Crippen LogP contribution in [0.15, 0.2) is 23.8 Å². The summed E-state index contributed by atoms with van der Waals surface area (Å²) in [5.41, 5.74) is 2.03. The number of hydrogen-bond donors (Lipinski definition) is 0. The first-order chi connectivity index (χ1) is 15.9. The van der Waals surface area contributed by atoms with Gasteiger partial charge in [0, 0.05) is 12.1 Å². The highest BCUT2D eigenvalue weighted by Crippen LogP contribution is 2.48. The van der Waals surface area contributed by atoms with Crippen molar-refractivity contribution >= 4 is 8.53 Å². The molecule has 0 amide bonds. The van der Waals surface area contributed by atoms with Crippen LogP contribution in [-0.4, -0.2) is 30.0 Å². The van der Waals surface area contributed by atoms with E-state index in [9.17, 15) is 0 Å². The van der Waals surface area contributed by atoms with E-state index in [0.717, 1.165) is 6.42 Å². The fraction of sp³-hybridized carbons (Fsp3) is 0.828. The summed E-state index contributed by atoms with van der Waals surface area (Å²) >= 11 is 0. The lowest BCUT2D eigenvalue weighted by Gasteiger charge is -2.38. The minimum Gasteiger partial charge on any atom is -0.321 e. The number of nitrogens with zero attached hydrogens (tertiary/aromatic N) is 2. The fourth-order valence-electron chi connectivity index (χ4n) is 4.46. The Morgan fingerprint density at radius 2 is 1.68 bits per heavy atom. The predicted molar refractivity (Wildman–Crippen MR) is 147 cm³/mol. The average molecular weight is 493 g/mol. The number of allylic oxidation sites excluding steroid dienone is 4. The van der Waals surface area contributed by atoms with Crippen LogP contribution in [0.25, 0.3) is 0 Å². The lowest BCUT2D eigenvalue weighted by molar-refractivity contribution is 0.111. The topological polar surface area (TPSA) is 45.5 Å². The van der Waals surface area contributed by atoms with E-state index >= 15 is 0 Å². The third-order valence-corrected chi connectivity index (χ3v) is 8.84. The fourth-order valence-corrected chi connectivity index (χ4v) is 6.26. The molecule has 0 aromatic carbocycles. The van der Waals surface area contributed by atoms with Gasteiger partial charge in [-0.2, -0.15) is 5.26 Å². The van der Waals surface area contributed by atoms with E-state index in [2.05, 4.69) is 91.3 Å². The molecule has 0 saturated carbocycles. The molecule has 4 nitrogen and oxygen atoms in total. The Kier molecular flexibility index (Phi) is 14.2. The van der Waals surface area contributed by atoms with Crippen LogP contribution in [0.3, 0.4) is 0 Å². The Labute approximate surface area is 213 Å². The zero-order valence-corrected chi connectivity index (χ0v) is 24.6. The number of unbranched alkanes of at least 4 members (excludes halogenated alkanes) is 1. The molecule has 0 aliphatic heterocycles. The van der Waals surface area contributed by atoms with E-state index in [1.807, 2.05) is 0 Å². The van der Waals surface area contributed by atoms with Gasteiger partial charge in [0.2, 0.25) is 0 Å². The van der Waals surface area contributed by atoms with Crippen molar-refractivity contribution < 1.29 is 9.05 Å². The maximum atomic E-state index is 8.92. The van der Waals surface area contributed by atoms with E-state index < -0.39 is 8.53 Å². The highest BCUT2D eigenvalue weighted by atomic mass is 31.2. The first-order valence-corrected chi connectivity index (χ1v) is 14.6. The van der Waals surface area contributed by atoms with Crippen molar-refractivity contribution in [3.8, 4) is 6.07 Å². The minimum atomic E-state index is -1.17. The standard InChI is InChI=1S/C29H53N2O2P/c1-10-11-14-26-15-12-16-27(26)17-18-28(6,7)19-20-29(8,9)23-33-34(32-22-13-21-30)31(24(2)3)25(4)5/h12,15-16,24-25,27H,10-11,13-14,17-20,22-23H2,1-9H3/t27-,34?/m1/s1. The molecular formula is C29H53N2O2P. The van der Waals surface area contributed by atoms with Crippen LogP contribution >= 0.6 is 8.53 Å². The Morgan fingerprint density at radius 3 is 2.26 bits per heavy atom. The predicted octanol–water partition coefficient (Wildman–Crippen LogP) is 9.19. The summed E-state index contributed by atoms with van der Waals surface area (Å²) in [5, 5.41) is 8.92. The van der Waals surface area contributed by atoms with Crippen LogP contribution < -0.4 is 0 Å². The molecule has 0 bridgehead atoms. The summed E-state index contributed by atoms with van der Waals surface area (Å²) in [6.45, 7) is 21.6. The van der Waals surface area contributed by atoms with Gasteiger partial charge >= 0.3 is 0 Å². The van der Waals surface area contributed by atoms with E-state index in [0.29, 0.717) is 43.1 Å². The van der Waals surface area contributed by atoms with Gasteiger partial charge in [-0.1, -0.05) is 64.8 Å². The van der Waals surface area contributed by atoms with Crippen molar-refractivity contribution in [2.24, 2.45) is 16.7 Å². The van der Waals surface area contributed by atoms with Crippen LogP contribution in [-0.2, 0) is 9.05 Å². The minimum absolute atomic E-state index is 0.0789. The Morgan fingerprint density at radius 1 is 1.03 bits per heavy atom. The Hall–Kier alpha value is -0.720. The molecule has 1 unspecified atom stereocenters. The molecule has 0 heterocycles. The molecular weight excluding hydrogens is 439 g/mol. The second-order valence-corrected chi connectivity index (χ2v) is 13.5. The summed E-state index contributed by atoms with van der Waals surface area (Å²) in [6.07, 6.45) is 16.1. The van der Waals surface area contributed by atoms with Gasteiger partial charge in [0.15, 0.2) is 0 Å². The molecule has 0 aromatic heterocycles. The summed E-state index contributed by atoms with van der Waals surface area (Å²) in [6, 6.07) is 2.84. The lowest BCUT2D eigenvalue weighted by atomic mass is 9.75. The summed E-state index contributed by atoms with van der Waals surface area (Å²) in [4.78, 5) is 0. The normalized spacial score (nSPS) is 17.6. The third kappa shape index (κ3) is 11.8. The molecule has 5 heteroatoms. The zero-order valence-electron chi connectivity index (χ0n) is 23.7. The van der Waals surface area contributed by atoms with E-state index in [1.165, 1.54) is 38.5 Å². The van der Waals surface area contributed by atoms with Gasteiger partial charge in [0.25, 0.3) is 8.53 Å². The van der Waals surface area contributed by atoms with Crippen LogP contribution in [0.1, 0.15) is 114 Å². The smallest absolute Gasteiger partial charge is 0.259 e. The van der Waals surface area contributed by atoms with Gasteiger partial charge in [-0.3, -0.25) is 0 Å². The molecule has 0 aromatic rings. The molecule has 1 aliphatic rings. The monoisotopic (exact) mass is 492 g/mol. The van der Waals surface area contributed by atoms with Crippen LogP contribution in [0.2, 0.25) is 0 Å². The number of nitriles is 1. The maximum Gasteiger partial charge on any atom is 0.259 e. The molecule has 1 rings (SSSR count). The second-order valence-electron chi connectivity index (χ2n) is 12.0. The van der Waals surface area contributed by atoms with Gasteiger partial charge < -0.3 is 9.05 Å². The third-order valence-electron chi connectivity index (χ3n) is 6.79. The van der Waals surface area contributed by atoms with Crippen molar-refractivity contribution in [2.75, 3.05) is 13.2 Å². The van der Waals surface area contributed by atoms with Gasteiger partial charge in [-0.05, 0) is 83.0 Å². The number of rotatable bonds is 18. The van der Waals surface area contributed by atoms with E-state index in [1.54, 1.807) is 5.57 Å². The largest absolute Gasteiger partial charge is 0.321 e. The summed E-state index contributed by atoms with van der Waals surface area (Å²) in [7, 11) is -1.17. The Balaban J connectivity index is 2.60. The average Bonchev–Trinajstić information content (AvgIpc) is 3.20. The molecule has 0 spiro atoms. The molecule has 0 saturated heterocycles. The second kappa shape index (κ2) is 15.4. The van der Waals surface area contributed by atoms with Gasteiger partial charge in [0.1, 0.15) is 0 Å². The maximum absolute atomic E-state index is 8.92. The number of hydrogen-bond acceptors (Lipinski definition) is 4. The SMILES string of the molecule is CCCCC1=CC=C[C@@H]1CCC(C)(C)CCC(C)(C)COP(OCCC#N)N(C(C)C)C(C)C. The zero-order chi connectivity index (χ0) is 25.8. The lowest BCUT2D eigenvalue weighted by Crippen LogP contribution is -2.34. The van der Waals surface area contributed by atoms with Crippen LogP contribution in [0.5, 0.6) is 0 Å². The molecule has 1 aliphatic carbocycles. The molecule has 2 atom stereocenters. The highest BCUT2D eigenvalue weighted by Gasteiger charge is 2.31. The van der Waals surface area contributed by atoms with Gasteiger partial charge in [-0.25, -0.2) is 4.67 Å². The van der Waals surface area contributed by atoms with Crippen molar-refractivity contribution in [3.05, 3.63) is 23.8 Å². The van der Waals surface area contributed by atoms with E-state index in [-0.39, 0.29) is 5.41 Å². The molecule has 0 radical (unpaired) electrons. The summed E-state index contributed by atoms with van der Waals surface area (Å²) in [5.74, 6) is 0.648. The Bertz CT molecular complexity index is 668. The summed E-state index contributed by atoms with van der Waals surface area (Å²) < 4.78 is 14.8. The van der Waals surface area contributed by atoms with Crippen molar-refractivity contribution in [2.45, 2.75) is 126 Å². The van der Waals surface area contributed by atoms with Crippen molar-refractivity contribution in [3.63, 3.8) is 0 Å².